The number of hydrogen-bond donors (Lipinski definition) is 0. The second-order valence-corrected chi connectivity index (χ2v) is 8.26. The first kappa shape index (κ1) is 17.8. The van der Waals surface area contributed by atoms with Gasteiger partial charge in [0.25, 0.3) is 5.91 Å². The number of aryl methyl sites for hydroxylation is 2. The molecule has 0 N–H and O–H groups in total. The van der Waals surface area contributed by atoms with Crippen LogP contribution in [0.4, 0.5) is 0 Å². The van der Waals surface area contributed by atoms with Crippen LogP contribution in [0.5, 0.6) is 0 Å². The van der Waals surface area contributed by atoms with Crippen LogP contribution in [-0.2, 0) is 0 Å². The molecule has 4 heteroatoms. The number of benzene rings is 2. The van der Waals surface area contributed by atoms with E-state index in [4.69, 9.17) is 11.6 Å². The van der Waals surface area contributed by atoms with Gasteiger partial charge in [-0.05, 0) is 38.9 Å². The molecule has 0 atom stereocenters. The van der Waals surface area contributed by atoms with E-state index in [1.54, 1.807) is 0 Å². The molecule has 2 aromatic rings. The van der Waals surface area contributed by atoms with Crippen molar-refractivity contribution in [2.45, 2.75) is 27.7 Å². The highest BCUT2D eigenvalue weighted by atomic mass is 35.5. The zero-order valence-electron chi connectivity index (χ0n) is 14.3. The van der Waals surface area contributed by atoms with Gasteiger partial charge in [-0.15, -0.1) is 0 Å². The van der Waals surface area contributed by atoms with E-state index < -0.39 is 9.52 Å². The van der Waals surface area contributed by atoms with Crippen LogP contribution >= 0.6 is 11.6 Å². The minimum atomic E-state index is -0.749. The highest BCUT2D eigenvalue weighted by Gasteiger charge is 2.20. The molecule has 2 aromatic carbocycles. The standard InChI is InChI=1S/C19H24ClNOSi/c1-5-21(6-2)19(22)18-16(20)8-7-9-17(18)23-15-11-13(3)10-14(4)12-15/h7-12H,5-6,23H2,1-4H3. The SMILES string of the molecule is CCN(CC)C(=O)c1c(Cl)cccc1[SiH2]c1cc(C)cc(C)c1. The highest BCUT2D eigenvalue weighted by Crippen LogP contribution is 2.15. The third-order valence-electron chi connectivity index (χ3n) is 4.04. The molecule has 1 amide bonds. The largest absolute Gasteiger partial charge is 0.339 e. The number of nitrogens with zero attached hydrogens (tertiary/aromatic N) is 1. The molecule has 23 heavy (non-hydrogen) atoms. The van der Waals surface area contributed by atoms with E-state index in [0.29, 0.717) is 23.7 Å². The van der Waals surface area contributed by atoms with Crippen LogP contribution in [0, 0.1) is 13.8 Å². The van der Waals surface area contributed by atoms with Crippen LogP contribution in [0.2, 0.25) is 5.02 Å². The molecule has 0 aliphatic rings. The summed E-state index contributed by atoms with van der Waals surface area (Å²) in [6.45, 7) is 9.63. The summed E-state index contributed by atoms with van der Waals surface area (Å²) in [6.07, 6.45) is 0. The van der Waals surface area contributed by atoms with Gasteiger partial charge in [0.2, 0.25) is 0 Å². The topological polar surface area (TPSA) is 20.3 Å². The van der Waals surface area contributed by atoms with Crippen molar-refractivity contribution in [1.29, 1.82) is 0 Å². The molecule has 0 radical (unpaired) electrons. The molecular formula is C19H24ClNOSi. The van der Waals surface area contributed by atoms with Gasteiger partial charge in [0.05, 0.1) is 20.1 Å². The predicted molar refractivity (Wildman–Crippen MR) is 102 cm³/mol. The number of rotatable bonds is 5. The Kier molecular flexibility index (Phi) is 6.02. The molecule has 2 rings (SSSR count). The first-order valence-corrected chi connectivity index (χ1v) is 9.89. The Bertz CT molecular complexity index is 690. The molecule has 0 spiro atoms. The summed E-state index contributed by atoms with van der Waals surface area (Å²) in [5.41, 5.74) is 3.24. The third kappa shape index (κ3) is 4.24. The fourth-order valence-corrected chi connectivity index (χ4v) is 5.46. The maximum Gasteiger partial charge on any atom is 0.255 e. The Morgan fingerprint density at radius 3 is 2.26 bits per heavy atom. The van der Waals surface area contributed by atoms with Crippen molar-refractivity contribution >= 4 is 37.4 Å². The van der Waals surface area contributed by atoms with E-state index in [1.807, 2.05) is 30.9 Å². The number of carbonyl (C=O) groups excluding carboxylic acids is 1. The van der Waals surface area contributed by atoms with Crippen LogP contribution in [0.15, 0.2) is 36.4 Å². The normalized spacial score (nSPS) is 11.2. The van der Waals surface area contributed by atoms with Crippen LogP contribution < -0.4 is 10.4 Å². The average Bonchev–Trinajstić information content (AvgIpc) is 2.47. The second-order valence-electron chi connectivity index (χ2n) is 5.92. The molecule has 122 valence electrons. The summed E-state index contributed by atoms with van der Waals surface area (Å²) in [4.78, 5) is 14.7. The average molecular weight is 346 g/mol. The van der Waals surface area contributed by atoms with Crippen molar-refractivity contribution in [2.24, 2.45) is 0 Å². The van der Waals surface area contributed by atoms with Crippen molar-refractivity contribution in [3.05, 3.63) is 58.1 Å². The number of amides is 1. The molecule has 2 nitrogen and oxygen atoms in total. The molecule has 0 aliphatic heterocycles. The maximum atomic E-state index is 12.8. The Balaban J connectivity index is 2.43. The lowest BCUT2D eigenvalue weighted by Gasteiger charge is -2.21. The monoisotopic (exact) mass is 345 g/mol. The Morgan fingerprint density at radius 1 is 1.09 bits per heavy atom. The zero-order chi connectivity index (χ0) is 17.0. The summed E-state index contributed by atoms with van der Waals surface area (Å²) < 4.78 is 0. The summed E-state index contributed by atoms with van der Waals surface area (Å²) in [5, 5.41) is 3.04. The number of carbonyl (C=O) groups is 1. The lowest BCUT2D eigenvalue weighted by atomic mass is 10.2. The van der Waals surface area contributed by atoms with E-state index >= 15 is 0 Å². The first-order chi connectivity index (χ1) is 11.0. The van der Waals surface area contributed by atoms with Gasteiger partial charge in [-0.2, -0.15) is 0 Å². The summed E-state index contributed by atoms with van der Waals surface area (Å²) in [7, 11) is -0.749. The van der Waals surface area contributed by atoms with Gasteiger partial charge in [-0.1, -0.05) is 58.2 Å². The highest BCUT2D eigenvalue weighted by molar-refractivity contribution is 6.69. The summed E-state index contributed by atoms with van der Waals surface area (Å²) >= 11 is 6.39. The van der Waals surface area contributed by atoms with Gasteiger partial charge in [-0.25, -0.2) is 0 Å². The van der Waals surface area contributed by atoms with Crippen LogP contribution in [0.1, 0.15) is 35.3 Å². The maximum absolute atomic E-state index is 12.8. The number of hydrogen-bond acceptors (Lipinski definition) is 1. The van der Waals surface area contributed by atoms with Gasteiger partial charge in [0.15, 0.2) is 0 Å². The van der Waals surface area contributed by atoms with Crippen LogP contribution in [0.3, 0.4) is 0 Å². The molecule has 0 saturated carbocycles. The fourth-order valence-electron chi connectivity index (χ4n) is 3.02. The lowest BCUT2D eigenvalue weighted by molar-refractivity contribution is 0.0774. The van der Waals surface area contributed by atoms with Crippen molar-refractivity contribution < 1.29 is 4.79 Å². The Morgan fingerprint density at radius 2 is 1.70 bits per heavy atom. The Labute approximate surface area is 146 Å². The molecule has 0 aliphatic carbocycles. The van der Waals surface area contributed by atoms with Crippen LogP contribution in [-0.4, -0.2) is 33.4 Å². The Hall–Kier alpha value is -1.58. The van der Waals surface area contributed by atoms with Crippen LogP contribution in [0.25, 0.3) is 0 Å². The van der Waals surface area contributed by atoms with Crippen molar-refractivity contribution in [3.8, 4) is 0 Å². The van der Waals surface area contributed by atoms with Gasteiger partial charge < -0.3 is 4.90 Å². The van der Waals surface area contributed by atoms with E-state index in [-0.39, 0.29) is 5.91 Å². The van der Waals surface area contributed by atoms with Gasteiger partial charge in [0, 0.05) is 13.1 Å². The van der Waals surface area contributed by atoms with Crippen molar-refractivity contribution in [3.63, 3.8) is 0 Å². The molecule has 0 aromatic heterocycles. The quantitative estimate of drug-likeness (QED) is 0.763. The molecule has 0 unspecified atom stereocenters. The van der Waals surface area contributed by atoms with Gasteiger partial charge >= 0.3 is 0 Å². The summed E-state index contributed by atoms with van der Waals surface area (Å²) in [6, 6.07) is 12.5. The van der Waals surface area contributed by atoms with Gasteiger partial charge in [0.1, 0.15) is 0 Å². The van der Waals surface area contributed by atoms with E-state index in [9.17, 15) is 4.79 Å². The van der Waals surface area contributed by atoms with Crippen molar-refractivity contribution in [1.82, 2.24) is 4.90 Å². The third-order valence-corrected chi connectivity index (χ3v) is 6.14. The molecule has 0 bridgehead atoms. The first-order valence-electron chi connectivity index (χ1n) is 8.10. The second kappa shape index (κ2) is 7.80. The van der Waals surface area contributed by atoms with Gasteiger partial charge in [-0.3, -0.25) is 4.79 Å². The van der Waals surface area contributed by atoms with E-state index in [1.165, 1.54) is 16.3 Å². The smallest absolute Gasteiger partial charge is 0.255 e. The minimum Gasteiger partial charge on any atom is -0.339 e. The molecule has 0 saturated heterocycles. The summed E-state index contributed by atoms with van der Waals surface area (Å²) in [5.74, 6) is 0.0486. The molecule has 0 fully saturated rings. The number of halogens is 1. The van der Waals surface area contributed by atoms with Crippen molar-refractivity contribution in [2.75, 3.05) is 13.1 Å². The van der Waals surface area contributed by atoms with E-state index in [0.717, 1.165) is 5.19 Å². The minimum absolute atomic E-state index is 0.0486. The predicted octanol–water partition coefficient (Wildman–Crippen LogP) is 2.56. The zero-order valence-corrected chi connectivity index (χ0v) is 16.5. The lowest BCUT2D eigenvalue weighted by Crippen LogP contribution is -2.38. The fraction of sp³-hybridized carbons (Fsp3) is 0.316. The van der Waals surface area contributed by atoms with E-state index in [2.05, 4.69) is 38.1 Å². The molecular weight excluding hydrogens is 322 g/mol. The molecule has 0 heterocycles.